The number of aromatic nitrogens is 1. The first kappa shape index (κ1) is 14.0. The number of nitrogens with one attached hydrogen (secondary N) is 1. The fourth-order valence-electron chi connectivity index (χ4n) is 2.53. The van der Waals surface area contributed by atoms with Crippen LogP contribution in [0.15, 0.2) is 18.2 Å². The summed E-state index contributed by atoms with van der Waals surface area (Å²) in [6.07, 6.45) is 4.20. The molecule has 0 fully saturated rings. The van der Waals surface area contributed by atoms with Crippen molar-refractivity contribution in [2.45, 2.75) is 33.6 Å². The number of hydrogen-bond donors (Lipinski definition) is 1. The number of amides is 1. The van der Waals surface area contributed by atoms with Gasteiger partial charge < -0.3 is 5.32 Å². The number of thiophene rings is 1. The van der Waals surface area contributed by atoms with E-state index in [0.29, 0.717) is 5.57 Å². The average molecular weight is 298 g/mol. The Labute approximate surface area is 128 Å². The summed E-state index contributed by atoms with van der Waals surface area (Å²) >= 11 is 1.77. The largest absolute Gasteiger partial charge is 0.320 e. The number of pyridine rings is 1. The number of anilines is 1. The van der Waals surface area contributed by atoms with Crippen molar-refractivity contribution in [1.29, 1.82) is 0 Å². The van der Waals surface area contributed by atoms with Crippen LogP contribution in [0.3, 0.4) is 0 Å². The molecule has 1 N–H and O–H groups in total. The molecule has 2 aromatic heterocycles. The minimum Gasteiger partial charge on any atom is -0.320 e. The number of aryl methyl sites for hydroxylation is 3. The Kier molecular flexibility index (Phi) is 3.64. The summed E-state index contributed by atoms with van der Waals surface area (Å²) in [6.45, 7) is 6.26. The van der Waals surface area contributed by atoms with Crippen LogP contribution in [0.4, 0.5) is 5.69 Å². The molecule has 3 nitrogen and oxygen atoms in total. The molecule has 0 saturated heterocycles. The van der Waals surface area contributed by atoms with E-state index in [4.69, 9.17) is 0 Å². The van der Waals surface area contributed by atoms with E-state index in [1.165, 1.54) is 10.4 Å². The Hall–Kier alpha value is -1.94. The van der Waals surface area contributed by atoms with E-state index in [1.807, 2.05) is 25.1 Å². The topological polar surface area (TPSA) is 42.0 Å². The number of carbonyl (C=O) groups is 1. The maximum absolute atomic E-state index is 12.1. The van der Waals surface area contributed by atoms with Crippen molar-refractivity contribution in [2.75, 3.05) is 5.32 Å². The van der Waals surface area contributed by atoms with Gasteiger partial charge in [0.15, 0.2) is 0 Å². The number of fused-ring (bicyclic) bond motifs is 1. The summed E-state index contributed by atoms with van der Waals surface area (Å²) in [7, 11) is 0. The number of rotatable bonds is 3. The first-order valence-corrected chi connectivity index (χ1v) is 8.00. The second-order valence-corrected chi connectivity index (χ2v) is 6.53. The van der Waals surface area contributed by atoms with Gasteiger partial charge in [-0.2, -0.15) is 0 Å². The van der Waals surface area contributed by atoms with E-state index in [2.05, 4.69) is 30.2 Å². The Bertz CT molecular complexity index is 743. The lowest BCUT2D eigenvalue weighted by atomic mass is 10.1. The molecule has 1 aliphatic heterocycles. The van der Waals surface area contributed by atoms with E-state index < -0.39 is 0 Å². The molecule has 1 aliphatic rings. The molecular weight excluding hydrogens is 280 g/mol. The van der Waals surface area contributed by atoms with Crippen molar-refractivity contribution in [1.82, 2.24) is 4.98 Å². The van der Waals surface area contributed by atoms with Gasteiger partial charge in [-0.1, -0.05) is 13.3 Å². The standard InChI is InChI=1S/C17H18N2OS/c1-4-5-15-10(2)8-12(21-15)9-13-16-14(19-17(13)20)7-6-11(3)18-16/h6-9H,4-5H2,1-3H3,(H,19,20). The van der Waals surface area contributed by atoms with Gasteiger partial charge in [0.1, 0.15) is 0 Å². The molecule has 1 amide bonds. The van der Waals surface area contributed by atoms with Crippen molar-refractivity contribution in [2.24, 2.45) is 0 Å². The second-order valence-electron chi connectivity index (χ2n) is 5.37. The molecule has 0 bridgehead atoms. The third-order valence-corrected chi connectivity index (χ3v) is 4.83. The molecular formula is C17H18N2OS. The summed E-state index contributed by atoms with van der Waals surface area (Å²) in [5.41, 5.74) is 4.47. The van der Waals surface area contributed by atoms with Crippen LogP contribution in [-0.2, 0) is 11.2 Å². The van der Waals surface area contributed by atoms with Gasteiger partial charge in [-0.15, -0.1) is 11.3 Å². The predicted octanol–water partition coefficient (Wildman–Crippen LogP) is 4.21. The molecule has 0 aromatic carbocycles. The van der Waals surface area contributed by atoms with Crippen molar-refractivity contribution in [3.05, 3.63) is 44.9 Å². The van der Waals surface area contributed by atoms with Crippen molar-refractivity contribution in [3.63, 3.8) is 0 Å². The van der Waals surface area contributed by atoms with Crippen LogP contribution in [0.5, 0.6) is 0 Å². The summed E-state index contributed by atoms with van der Waals surface area (Å²) in [4.78, 5) is 19.2. The van der Waals surface area contributed by atoms with Crippen LogP contribution < -0.4 is 5.32 Å². The van der Waals surface area contributed by atoms with Gasteiger partial charge in [0.2, 0.25) is 0 Å². The lowest BCUT2D eigenvalue weighted by molar-refractivity contribution is -0.110. The summed E-state index contributed by atoms with van der Waals surface area (Å²) < 4.78 is 0. The molecule has 21 heavy (non-hydrogen) atoms. The van der Waals surface area contributed by atoms with E-state index in [-0.39, 0.29) is 5.91 Å². The Balaban J connectivity index is 2.02. The number of nitrogens with zero attached hydrogens (tertiary/aromatic N) is 1. The predicted molar refractivity (Wildman–Crippen MR) is 88.5 cm³/mol. The first-order valence-electron chi connectivity index (χ1n) is 7.19. The molecule has 0 atom stereocenters. The summed E-state index contributed by atoms with van der Waals surface area (Å²) in [5, 5.41) is 2.88. The fraction of sp³-hybridized carbons (Fsp3) is 0.294. The molecule has 0 saturated carbocycles. The molecule has 3 rings (SSSR count). The Morgan fingerprint density at radius 3 is 2.90 bits per heavy atom. The maximum atomic E-state index is 12.1. The minimum absolute atomic E-state index is 0.0637. The number of carbonyl (C=O) groups excluding carboxylic acids is 1. The van der Waals surface area contributed by atoms with E-state index >= 15 is 0 Å². The van der Waals surface area contributed by atoms with Crippen LogP contribution in [0, 0.1) is 13.8 Å². The van der Waals surface area contributed by atoms with E-state index in [0.717, 1.165) is 34.8 Å². The average Bonchev–Trinajstić information content (AvgIpc) is 2.93. The van der Waals surface area contributed by atoms with Gasteiger partial charge in [0.25, 0.3) is 5.91 Å². The van der Waals surface area contributed by atoms with Crippen molar-refractivity contribution < 1.29 is 4.79 Å². The fourth-order valence-corrected chi connectivity index (χ4v) is 3.75. The summed E-state index contributed by atoms with van der Waals surface area (Å²) in [5.74, 6) is -0.0637. The Morgan fingerprint density at radius 1 is 1.33 bits per heavy atom. The molecule has 0 unspecified atom stereocenters. The zero-order valence-electron chi connectivity index (χ0n) is 12.5. The zero-order valence-corrected chi connectivity index (χ0v) is 13.3. The highest BCUT2D eigenvalue weighted by Gasteiger charge is 2.25. The van der Waals surface area contributed by atoms with Crippen LogP contribution in [0.1, 0.15) is 40.1 Å². The van der Waals surface area contributed by atoms with Crippen LogP contribution in [0.2, 0.25) is 0 Å². The molecule has 0 aliphatic carbocycles. The third kappa shape index (κ3) is 2.63. The lowest BCUT2D eigenvalue weighted by Gasteiger charge is -1.98. The smallest absolute Gasteiger partial charge is 0.258 e. The molecule has 0 spiro atoms. The number of hydrogen-bond acceptors (Lipinski definition) is 3. The van der Waals surface area contributed by atoms with Gasteiger partial charge in [-0.25, -0.2) is 0 Å². The van der Waals surface area contributed by atoms with Gasteiger partial charge in [0, 0.05) is 15.4 Å². The monoisotopic (exact) mass is 298 g/mol. The highest BCUT2D eigenvalue weighted by molar-refractivity contribution is 7.13. The molecule has 108 valence electrons. The quantitative estimate of drug-likeness (QED) is 0.863. The van der Waals surface area contributed by atoms with Crippen LogP contribution in [0.25, 0.3) is 11.6 Å². The van der Waals surface area contributed by atoms with Crippen molar-refractivity contribution in [3.8, 4) is 0 Å². The second kappa shape index (κ2) is 5.45. The zero-order chi connectivity index (χ0) is 15.0. The maximum Gasteiger partial charge on any atom is 0.258 e. The highest BCUT2D eigenvalue weighted by atomic mass is 32.1. The van der Waals surface area contributed by atoms with Crippen molar-refractivity contribution >= 4 is 34.6 Å². The van der Waals surface area contributed by atoms with Crippen LogP contribution >= 0.6 is 11.3 Å². The molecule has 0 radical (unpaired) electrons. The van der Waals surface area contributed by atoms with Crippen LogP contribution in [-0.4, -0.2) is 10.9 Å². The van der Waals surface area contributed by atoms with Gasteiger partial charge in [-0.05, 0) is 50.1 Å². The van der Waals surface area contributed by atoms with Gasteiger partial charge in [-0.3, -0.25) is 9.78 Å². The molecule has 2 aromatic rings. The Morgan fingerprint density at radius 2 is 2.14 bits per heavy atom. The van der Waals surface area contributed by atoms with E-state index in [1.54, 1.807) is 11.3 Å². The lowest BCUT2D eigenvalue weighted by Crippen LogP contribution is -2.03. The molecule has 3 heterocycles. The SMILES string of the molecule is CCCc1sc(C=C2C(=O)Nc3ccc(C)nc32)cc1C. The van der Waals surface area contributed by atoms with E-state index in [9.17, 15) is 4.79 Å². The van der Waals surface area contributed by atoms with Gasteiger partial charge >= 0.3 is 0 Å². The third-order valence-electron chi connectivity index (χ3n) is 3.59. The highest BCUT2D eigenvalue weighted by Crippen LogP contribution is 2.33. The molecule has 4 heteroatoms. The normalized spacial score (nSPS) is 15.4. The summed E-state index contributed by atoms with van der Waals surface area (Å²) in [6, 6.07) is 5.99. The first-order chi connectivity index (χ1) is 10.1. The van der Waals surface area contributed by atoms with Gasteiger partial charge in [0.05, 0.1) is 17.0 Å². The minimum atomic E-state index is -0.0637.